The highest BCUT2D eigenvalue weighted by Gasteiger charge is 2.42. The molecule has 3 heteroatoms. The minimum absolute atomic E-state index is 0.0415. The van der Waals surface area contributed by atoms with Crippen molar-refractivity contribution in [2.45, 2.75) is 58.4 Å². The van der Waals surface area contributed by atoms with Crippen LogP contribution in [0.5, 0.6) is 0 Å². The van der Waals surface area contributed by atoms with Crippen LogP contribution in [0.25, 0.3) is 11.0 Å². The van der Waals surface area contributed by atoms with Gasteiger partial charge in [-0.25, -0.2) is 4.98 Å². The van der Waals surface area contributed by atoms with E-state index >= 15 is 0 Å². The van der Waals surface area contributed by atoms with Gasteiger partial charge in [-0.2, -0.15) is 0 Å². The predicted molar refractivity (Wildman–Crippen MR) is 85.3 cm³/mol. The van der Waals surface area contributed by atoms with Gasteiger partial charge in [-0.05, 0) is 56.2 Å². The Labute approximate surface area is 126 Å². The molecule has 1 aliphatic rings. The van der Waals surface area contributed by atoms with Gasteiger partial charge in [-0.1, -0.05) is 19.4 Å². The maximum absolute atomic E-state index is 6.36. The van der Waals surface area contributed by atoms with Crippen molar-refractivity contribution in [3.8, 4) is 0 Å². The van der Waals surface area contributed by atoms with Crippen molar-refractivity contribution in [1.82, 2.24) is 9.55 Å². The molecule has 1 atom stereocenters. The van der Waals surface area contributed by atoms with E-state index in [9.17, 15) is 0 Å². The van der Waals surface area contributed by atoms with Crippen LogP contribution in [0, 0.1) is 12.3 Å². The molecule has 0 bridgehead atoms. The Morgan fingerprint density at radius 1 is 1.40 bits per heavy atom. The van der Waals surface area contributed by atoms with Crippen molar-refractivity contribution in [2.75, 3.05) is 0 Å². The van der Waals surface area contributed by atoms with Gasteiger partial charge in [-0.3, -0.25) is 0 Å². The van der Waals surface area contributed by atoms with E-state index in [1.807, 2.05) is 6.92 Å². The van der Waals surface area contributed by atoms with Gasteiger partial charge in [0.15, 0.2) is 0 Å². The summed E-state index contributed by atoms with van der Waals surface area (Å²) in [5.41, 5.74) is 4.11. The highest BCUT2D eigenvalue weighted by molar-refractivity contribution is 6.20. The average Bonchev–Trinajstić information content (AvgIpc) is 3.06. The molecule has 1 aromatic carbocycles. The molecule has 0 aliphatic heterocycles. The molecule has 3 rings (SSSR count). The zero-order chi connectivity index (χ0) is 14.3. The van der Waals surface area contributed by atoms with Crippen molar-refractivity contribution in [1.29, 1.82) is 0 Å². The van der Waals surface area contributed by atoms with Crippen molar-refractivity contribution < 1.29 is 0 Å². The number of nitrogens with zero attached hydrogens (tertiary/aromatic N) is 2. The number of halogens is 1. The molecular formula is C17H23ClN2. The predicted octanol–water partition coefficient (Wildman–Crippen LogP) is 5.22. The largest absolute Gasteiger partial charge is 0.326 e. The molecule has 2 aromatic rings. The molecule has 1 aromatic heterocycles. The van der Waals surface area contributed by atoms with Crippen LogP contribution in [-0.2, 0) is 6.54 Å². The van der Waals surface area contributed by atoms with Crippen LogP contribution in [0.4, 0.5) is 0 Å². The van der Waals surface area contributed by atoms with Crippen LogP contribution in [-0.4, -0.2) is 9.55 Å². The number of aromatic nitrogens is 2. The third-order valence-corrected chi connectivity index (χ3v) is 4.72. The molecule has 0 amide bonds. The number of fused-ring (bicyclic) bond motifs is 1. The first-order chi connectivity index (χ1) is 9.54. The van der Waals surface area contributed by atoms with Gasteiger partial charge < -0.3 is 4.57 Å². The summed E-state index contributed by atoms with van der Waals surface area (Å²) in [7, 11) is 0. The molecule has 1 fully saturated rings. The summed E-state index contributed by atoms with van der Waals surface area (Å²) in [6.07, 6.45) is 5.27. The van der Waals surface area contributed by atoms with Gasteiger partial charge >= 0.3 is 0 Å². The average molecular weight is 291 g/mol. The highest BCUT2D eigenvalue weighted by atomic mass is 35.5. The molecule has 1 aliphatic carbocycles. The first-order valence-electron chi connectivity index (χ1n) is 7.65. The summed E-state index contributed by atoms with van der Waals surface area (Å²) < 4.78 is 2.38. The fourth-order valence-electron chi connectivity index (χ4n) is 3.25. The fraction of sp³-hybridized carbons (Fsp3) is 0.588. The smallest absolute Gasteiger partial charge is 0.127 e. The van der Waals surface area contributed by atoms with E-state index in [2.05, 4.69) is 36.6 Å². The number of aryl methyl sites for hydroxylation is 1. The number of imidazole rings is 1. The molecule has 0 spiro atoms. The number of hydrogen-bond donors (Lipinski definition) is 0. The Bertz CT molecular complexity index is 623. The molecule has 108 valence electrons. The molecule has 0 saturated heterocycles. The van der Waals surface area contributed by atoms with E-state index < -0.39 is 0 Å². The molecule has 1 unspecified atom stereocenters. The first-order valence-corrected chi connectivity index (χ1v) is 8.09. The van der Waals surface area contributed by atoms with Gasteiger partial charge in [0.1, 0.15) is 5.82 Å². The van der Waals surface area contributed by atoms with Crippen LogP contribution in [0.2, 0.25) is 0 Å². The second-order valence-electron chi connectivity index (χ2n) is 6.41. The van der Waals surface area contributed by atoms with E-state index in [0.717, 1.165) is 17.9 Å². The van der Waals surface area contributed by atoms with Crippen LogP contribution < -0.4 is 0 Å². The van der Waals surface area contributed by atoms with E-state index in [1.54, 1.807) is 0 Å². The Kier molecular flexibility index (Phi) is 3.53. The quantitative estimate of drug-likeness (QED) is 0.690. The Balaban J connectivity index is 2.06. The van der Waals surface area contributed by atoms with E-state index in [-0.39, 0.29) is 5.38 Å². The molecule has 20 heavy (non-hydrogen) atoms. The summed E-state index contributed by atoms with van der Waals surface area (Å²) in [4.78, 5) is 4.76. The summed E-state index contributed by atoms with van der Waals surface area (Å²) in [6, 6.07) is 6.48. The van der Waals surface area contributed by atoms with Gasteiger partial charge in [0.25, 0.3) is 0 Å². The second-order valence-corrected chi connectivity index (χ2v) is 7.07. The third kappa shape index (κ3) is 2.46. The minimum Gasteiger partial charge on any atom is -0.326 e. The highest BCUT2D eigenvalue weighted by Crippen LogP contribution is 2.51. The Hall–Kier alpha value is -1.02. The number of rotatable bonds is 5. The summed E-state index contributed by atoms with van der Waals surface area (Å²) >= 11 is 6.36. The number of hydrogen-bond acceptors (Lipinski definition) is 1. The van der Waals surface area contributed by atoms with Crippen molar-refractivity contribution in [3.05, 3.63) is 29.6 Å². The minimum atomic E-state index is -0.0415. The lowest BCUT2D eigenvalue weighted by atomic mass is 10.0. The number of alkyl halides is 1. The molecule has 1 saturated carbocycles. The van der Waals surface area contributed by atoms with Gasteiger partial charge in [0.2, 0.25) is 0 Å². The standard InChI is InChI=1S/C17H23ClN2/c1-4-7-17(8-9-17)11-20-15-10-12(2)5-6-14(15)19-16(20)13(3)18/h5-6,10,13H,4,7-9,11H2,1-3H3. The van der Waals surface area contributed by atoms with Crippen LogP contribution in [0.1, 0.15) is 56.3 Å². The van der Waals surface area contributed by atoms with E-state index in [1.165, 1.54) is 36.8 Å². The number of benzene rings is 1. The monoisotopic (exact) mass is 290 g/mol. The summed E-state index contributed by atoms with van der Waals surface area (Å²) in [5.74, 6) is 1.02. The molecule has 1 heterocycles. The van der Waals surface area contributed by atoms with Crippen molar-refractivity contribution in [3.63, 3.8) is 0 Å². The van der Waals surface area contributed by atoms with Crippen LogP contribution >= 0.6 is 11.6 Å². The SMILES string of the molecule is CCCC1(Cn2c(C(C)Cl)nc3ccc(C)cc32)CC1. The fourth-order valence-corrected chi connectivity index (χ4v) is 3.42. The zero-order valence-electron chi connectivity index (χ0n) is 12.6. The van der Waals surface area contributed by atoms with Gasteiger partial charge in [0, 0.05) is 6.54 Å². The summed E-state index contributed by atoms with van der Waals surface area (Å²) in [6.45, 7) is 7.51. The second kappa shape index (κ2) is 5.07. The topological polar surface area (TPSA) is 17.8 Å². The van der Waals surface area contributed by atoms with E-state index in [0.29, 0.717) is 5.41 Å². The van der Waals surface area contributed by atoms with Crippen molar-refractivity contribution in [2.24, 2.45) is 5.41 Å². The normalized spacial score (nSPS) is 18.4. The first kappa shape index (κ1) is 13.9. The van der Waals surface area contributed by atoms with Crippen molar-refractivity contribution >= 4 is 22.6 Å². The lowest BCUT2D eigenvalue weighted by Crippen LogP contribution is -2.14. The van der Waals surface area contributed by atoms with E-state index in [4.69, 9.17) is 16.6 Å². The molecular weight excluding hydrogens is 268 g/mol. The van der Waals surface area contributed by atoms with Gasteiger partial charge in [-0.15, -0.1) is 11.6 Å². The Morgan fingerprint density at radius 3 is 2.75 bits per heavy atom. The molecule has 0 N–H and O–H groups in total. The van der Waals surface area contributed by atoms with Gasteiger partial charge in [0.05, 0.1) is 16.4 Å². The van der Waals surface area contributed by atoms with Crippen LogP contribution in [0.15, 0.2) is 18.2 Å². The maximum atomic E-state index is 6.36. The van der Waals surface area contributed by atoms with Crippen LogP contribution in [0.3, 0.4) is 0 Å². The molecule has 2 nitrogen and oxygen atoms in total. The summed E-state index contributed by atoms with van der Waals surface area (Å²) in [5, 5.41) is -0.0415. The Morgan fingerprint density at radius 2 is 2.15 bits per heavy atom. The lowest BCUT2D eigenvalue weighted by Gasteiger charge is -2.18. The maximum Gasteiger partial charge on any atom is 0.127 e. The molecule has 0 radical (unpaired) electrons. The lowest BCUT2D eigenvalue weighted by molar-refractivity contribution is 0.387. The zero-order valence-corrected chi connectivity index (χ0v) is 13.4. The third-order valence-electron chi connectivity index (χ3n) is 4.52.